The van der Waals surface area contributed by atoms with Crippen molar-refractivity contribution < 1.29 is 9.13 Å². The lowest BCUT2D eigenvalue weighted by molar-refractivity contribution is 0.381. The molecule has 0 aliphatic rings. The lowest BCUT2D eigenvalue weighted by Crippen LogP contribution is -2.28. The maximum absolute atomic E-state index is 13.8. The summed E-state index contributed by atoms with van der Waals surface area (Å²) >= 11 is 5.70. The number of halogens is 2. The number of methoxy groups -OCH3 is 1. The van der Waals surface area contributed by atoms with Crippen LogP contribution in [0.15, 0.2) is 18.2 Å². The highest BCUT2D eigenvalue weighted by Crippen LogP contribution is 2.19. The molecule has 17 heavy (non-hydrogen) atoms. The van der Waals surface area contributed by atoms with E-state index in [1.54, 1.807) is 18.2 Å². The topological polar surface area (TPSA) is 21.3 Å². The fraction of sp³-hybridized carbons (Fsp3) is 0.538. The minimum Gasteiger partial charge on any atom is -0.494 e. The van der Waals surface area contributed by atoms with E-state index in [2.05, 4.69) is 12.2 Å². The maximum Gasteiger partial charge on any atom is 0.169 e. The molecule has 2 nitrogen and oxygen atoms in total. The summed E-state index contributed by atoms with van der Waals surface area (Å²) in [5.74, 6) is 0.615. The Hall–Kier alpha value is -0.800. The lowest BCUT2D eigenvalue weighted by atomic mass is 10.1. The third-order valence-corrected chi connectivity index (χ3v) is 3.01. The highest BCUT2D eigenvalue weighted by atomic mass is 35.5. The van der Waals surface area contributed by atoms with Gasteiger partial charge in [-0.15, -0.1) is 11.6 Å². The molecule has 0 aromatic heterocycles. The van der Waals surface area contributed by atoms with Crippen molar-refractivity contribution in [2.75, 3.05) is 13.0 Å². The molecule has 1 unspecified atom stereocenters. The number of alkyl halides is 1. The molecule has 0 heterocycles. The van der Waals surface area contributed by atoms with Crippen molar-refractivity contribution in [3.8, 4) is 5.75 Å². The third-order valence-electron chi connectivity index (χ3n) is 2.79. The first-order valence-corrected chi connectivity index (χ1v) is 6.37. The number of ether oxygens (including phenoxy) is 1. The molecule has 96 valence electrons. The normalized spacial score (nSPS) is 12.5. The van der Waals surface area contributed by atoms with E-state index in [0.717, 1.165) is 12.8 Å². The van der Waals surface area contributed by atoms with Gasteiger partial charge in [-0.2, -0.15) is 0 Å². The lowest BCUT2D eigenvalue weighted by Gasteiger charge is -2.16. The first kappa shape index (κ1) is 14.3. The molecule has 1 aromatic rings. The molecule has 0 aliphatic heterocycles. The van der Waals surface area contributed by atoms with Gasteiger partial charge < -0.3 is 10.1 Å². The van der Waals surface area contributed by atoms with Crippen molar-refractivity contribution in [1.29, 1.82) is 0 Å². The molecule has 1 atom stereocenters. The van der Waals surface area contributed by atoms with Gasteiger partial charge in [-0.05, 0) is 18.9 Å². The van der Waals surface area contributed by atoms with Crippen LogP contribution in [0.1, 0.15) is 25.3 Å². The molecular formula is C13H19ClFNO. The van der Waals surface area contributed by atoms with Crippen molar-refractivity contribution in [2.45, 2.75) is 32.4 Å². The predicted octanol–water partition coefficient (Wildman–Crippen LogP) is 3.33. The summed E-state index contributed by atoms with van der Waals surface area (Å²) in [6, 6.07) is 5.51. The number of benzene rings is 1. The Balaban J connectivity index is 2.62. The zero-order chi connectivity index (χ0) is 12.7. The average molecular weight is 260 g/mol. The largest absolute Gasteiger partial charge is 0.494 e. The van der Waals surface area contributed by atoms with E-state index in [1.165, 1.54) is 7.11 Å². The van der Waals surface area contributed by atoms with Crippen LogP contribution in [0.25, 0.3) is 0 Å². The molecule has 0 amide bonds. The van der Waals surface area contributed by atoms with E-state index in [9.17, 15) is 4.39 Å². The van der Waals surface area contributed by atoms with E-state index in [1.807, 2.05) is 0 Å². The molecule has 1 rings (SSSR count). The fourth-order valence-corrected chi connectivity index (χ4v) is 1.95. The second kappa shape index (κ2) is 7.51. The molecule has 0 bridgehead atoms. The summed E-state index contributed by atoms with van der Waals surface area (Å²) in [5, 5.41) is 3.30. The summed E-state index contributed by atoms with van der Waals surface area (Å²) in [5.41, 5.74) is 0.623. The van der Waals surface area contributed by atoms with Gasteiger partial charge in [-0.1, -0.05) is 19.1 Å². The van der Waals surface area contributed by atoms with Gasteiger partial charge >= 0.3 is 0 Å². The number of nitrogens with one attached hydrogen (secondary N) is 1. The van der Waals surface area contributed by atoms with Gasteiger partial charge in [-0.3, -0.25) is 0 Å². The van der Waals surface area contributed by atoms with Gasteiger partial charge in [0.25, 0.3) is 0 Å². The van der Waals surface area contributed by atoms with Gasteiger partial charge in [0.05, 0.1) is 7.11 Å². The summed E-state index contributed by atoms with van der Waals surface area (Å²) in [6.07, 6.45) is 1.88. The van der Waals surface area contributed by atoms with Crippen LogP contribution in [-0.4, -0.2) is 19.0 Å². The van der Waals surface area contributed by atoms with E-state index < -0.39 is 0 Å². The summed E-state index contributed by atoms with van der Waals surface area (Å²) in [4.78, 5) is 0. The van der Waals surface area contributed by atoms with E-state index in [0.29, 0.717) is 24.0 Å². The Kier molecular flexibility index (Phi) is 6.30. The second-order valence-electron chi connectivity index (χ2n) is 3.90. The number of hydrogen-bond acceptors (Lipinski definition) is 2. The molecular weight excluding hydrogens is 241 g/mol. The van der Waals surface area contributed by atoms with Crippen LogP contribution in [0.3, 0.4) is 0 Å². The molecule has 1 aromatic carbocycles. The molecule has 0 radical (unpaired) electrons. The van der Waals surface area contributed by atoms with Crippen LogP contribution in [0, 0.1) is 5.82 Å². The number of hydrogen-bond donors (Lipinski definition) is 1. The summed E-state index contributed by atoms with van der Waals surface area (Å²) in [7, 11) is 1.47. The molecule has 4 heteroatoms. The first-order chi connectivity index (χ1) is 8.22. The predicted molar refractivity (Wildman–Crippen MR) is 69.2 cm³/mol. The maximum atomic E-state index is 13.8. The quantitative estimate of drug-likeness (QED) is 0.759. The molecule has 0 aliphatic carbocycles. The third kappa shape index (κ3) is 4.17. The Bertz CT molecular complexity index is 346. The van der Waals surface area contributed by atoms with E-state index >= 15 is 0 Å². The average Bonchev–Trinajstić information content (AvgIpc) is 2.36. The molecule has 0 spiro atoms. The minimum absolute atomic E-state index is 0.287. The SMILES string of the molecule is CCC(CCCl)NCc1cccc(OC)c1F. The van der Waals surface area contributed by atoms with Crippen LogP contribution in [0.2, 0.25) is 0 Å². The summed E-state index contributed by atoms with van der Waals surface area (Å²) < 4.78 is 18.8. The Labute approximate surface area is 107 Å². The van der Waals surface area contributed by atoms with Crippen molar-refractivity contribution in [3.63, 3.8) is 0 Å². The van der Waals surface area contributed by atoms with Crippen LogP contribution < -0.4 is 10.1 Å². The monoisotopic (exact) mass is 259 g/mol. The van der Waals surface area contributed by atoms with E-state index in [4.69, 9.17) is 16.3 Å². The first-order valence-electron chi connectivity index (χ1n) is 5.83. The zero-order valence-corrected chi connectivity index (χ0v) is 11.1. The van der Waals surface area contributed by atoms with Crippen molar-refractivity contribution in [3.05, 3.63) is 29.6 Å². The van der Waals surface area contributed by atoms with Crippen LogP contribution in [-0.2, 0) is 6.54 Å². The fourth-order valence-electron chi connectivity index (χ4n) is 1.69. The van der Waals surface area contributed by atoms with Crippen molar-refractivity contribution in [2.24, 2.45) is 0 Å². The van der Waals surface area contributed by atoms with E-state index in [-0.39, 0.29) is 11.6 Å². The Morgan fingerprint density at radius 2 is 2.24 bits per heavy atom. The van der Waals surface area contributed by atoms with Gasteiger partial charge in [0.15, 0.2) is 11.6 Å². The van der Waals surface area contributed by atoms with Gasteiger partial charge in [0.1, 0.15) is 0 Å². The Morgan fingerprint density at radius 1 is 1.47 bits per heavy atom. The minimum atomic E-state index is -0.289. The van der Waals surface area contributed by atoms with Gasteiger partial charge in [0.2, 0.25) is 0 Å². The standard InChI is InChI=1S/C13H19ClFNO/c1-3-11(7-8-14)16-9-10-5-4-6-12(17-2)13(10)15/h4-6,11,16H,3,7-9H2,1-2H3. The van der Waals surface area contributed by atoms with Crippen LogP contribution >= 0.6 is 11.6 Å². The van der Waals surface area contributed by atoms with Crippen LogP contribution in [0.5, 0.6) is 5.75 Å². The molecule has 0 saturated heterocycles. The van der Waals surface area contributed by atoms with Gasteiger partial charge in [-0.25, -0.2) is 4.39 Å². The van der Waals surface area contributed by atoms with Crippen LogP contribution in [0.4, 0.5) is 4.39 Å². The summed E-state index contributed by atoms with van der Waals surface area (Å²) in [6.45, 7) is 2.59. The molecule has 1 N–H and O–H groups in total. The van der Waals surface area contributed by atoms with Crippen molar-refractivity contribution in [1.82, 2.24) is 5.32 Å². The van der Waals surface area contributed by atoms with Crippen molar-refractivity contribution >= 4 is 11.6 Å². The zero-order valence-electron chi connectivity index (χ0n) is 10.3. The highest BCUT2D eigenvalue weighted by Gasteiger charge is 2.10. The molecule has 0 saturated carbocycles. The highest BCUT2D eigenvalue weighted by molar-refractivity contribution is 6.17. The van der Waals surface area contributed by atoms with Gasteiger partial charge in [0, 0.05) is 24.0 Å². The Morgan fingerprint density at radius 3 is 2.82 bits per heavy atom. The molecule has 0 fully saturated rings. The smallest absolute Gasteiger partial charge is 0.169 e. The number of rotatable bonds is 7. The second-order valence-corrected chi connectivity index (χ2v) is 4.28.